The molecule has 7 N–H and O–H groups in total. The van der Waals surface area contributed by atoms with Gasteiger partial charge < -0.3 is 32.1 Å². The number of nitrogens with two attached hydrogens (primary N) is 2. The molecule has 0 radical (unpaired) electrons. The van der Waals surface area contributed by atoms with Gasteiger partial charge in [-0.25, -0.2) is 4.79 Å². The van der Waals surface area contributed by atoms with Gasteiger partial charge in [-0.1, -0.05) is 45.0 Å². The first kappa shape index (κ1) is 30.3. The zero-order valence-corrected chi connectivity index (χ0v) is 22.5. The molecule has 0 bridgehead atoms. The van der Waals surface area contributed by atoms with Gasteiger partial charge in [-0.2, -0.15) is 0 Å². The largest absolute Gasteiger partial charge is 0.480 e. The maximum atomic E-state index is 13.9. The molecule has 38 heavy (non-hydrogen) atoms. The van der Waals surface area contributed by atoms with Crippen molar-refractivity contribution < 1.29 is 24.3 Å². The van der Waals surface area contributed by atoms with Gasteiger partial charge in [0.05, 0.1) is 0 Å². The summed E-state index contributed by atoms with van der Waals surface area (Å²) in [6, 6.07) is 5.58. The Hall–Kier alpha value is -3.89. The van der Waals surface area contributed by atoms with E-state index in [0.29, 0.717) is 12.0 Å². The van der Waals surface area contributed by atoms with Crippen LogP contribution in [0.3, 0.4) is 0 Å². The van der Waals surface area contributed by atoms with Crippen LogP contribution >= 0.6 is 0 Å². The number of likely N-dealkylation sites (tertiary alicyclic amines) is 1. The Labute approximate surface area is 223 Å². The maximum absolute atomic E-state index is 13.9. The second-order valence-electron chi connectivity index (χ2n) is 9.93. The SMILES string of the molecule is C/C=C1\CN(C(=O)[C@H](CCCN=C(N)N)NC(=O)c2ccccc2)[C@@H](C(=O)N[C@@H](CC(C)C)C(=O)O)[C@@H]1C. The molecule has 1 aliphatic heterocycles. The number of nitrogens with zero attached hydrogens (tertiary/aromatic N) is 2. The molecule has 1 aromatic rings. The van der Waals surface area contributed by atoms with Crippen molar-refractivity contribution in [1.82, 2.24) is 15.5 Å². The first-order chi connectivity index (χ1) is 18.0. The molecule has 1 aromatic carbocycles. The highest BCUT2D eigenvalue weighted by atomic mass is 16.4. The Morgan fingerprint density at radius 3 is 2.34 bits per heavy atom. The fraction of sp³-hybridized carbons (Fsp3) is 0.519. The number of nitrogens with one attached hydrogen (secondary N) is 2. The summed E-state index contributed by atoms with van der Waals surface area (Å²) in [7, 11) is 0. The Balaban J connectivity index is 2.33. The molecule has 3 amide bonds. The summed E-state index contributed by atoms with van der Waals surface area (Å²) in [6.45, 7) is 7.87. The fourth-order valence-electron chi connectivity index (χ4n) is 4.59. The molecule has 0 aliphatic carbocycles. The van der Waals surface area contributed by atoms with Gasteiger partial charge in [0.2, 0.25) is 11.8 Å². The van der Waals surface area contributed by atoms with Crippen molar-refractivity contribution in [2.24, 2.45) is 28.3 Å². The van der Waals surface area contributed by atoms with Crippen LogP contribution in [-0.2, 0) is 14.4 Å². The highest BCUT2D eigenvalue weighted by Gasteiger charge is 2.44. The Morgan fingerprint density at radius 2 is 1.79 bits per heavy atom. The number of benzene rings is 1. The van der Waals surface area contributed by atoms with Crippen LogP contribution in [0.4, 0.5) is 0 Å². The molecule has 2 rings (SSSR count). The number of hydrogen-bond donors (Lipinski definition) is 5. The number of hydrogen-bond acceptors (Lipinski definition) is 5. The summed E-state index contributed by atoms with van der Waals surface area (Å²) in [5, 5.41) is 15.1. The van der Waals surface area contributed by atoms with E-state index in [4.69, 9.17) is 11.5 Å². The summed E-state index contributed by atoms with van der Waals surface area (Å²) < 4.78 is 0. The summed E-state index contributed by atoms with van der Waals surface area (Å²) in [5.41, 5.74) is 12.1. The van der Waals surface area contributed by atoms with Gasteiger partial charge in [0.15, 0.2) is 5.96 Å². The number of carboxylic acid groups (broad SMARTS) is 1. The number of carbonyl (C=O) groups excluding carboxylic acids is 3. The van der Waals surface area contributed by atoms with Crippen LogP contribution in [0.5, 0.6) is 0 Å². The van der Waals surface area contributed by atoms with Gasteiger partial charge >= 0.3 is 5.97 Å². The molecule has 1 heterocycles. The van der Waals surface area contributed by atoms with Crippen molar-refractivity contribution in [2.75, 3.05) is 13.1 Å². The molecular weight excluding hydrogens is 488 g/mol. The van der Waals surface area contributed by atoms with Crippen LogP contribution in [0.15, 0.2) is 47.0 Å². The van der Waals surface area contributed by atoms with Gasteiger partial charge in [0, 0.05) is 24.6 Å². The van der Waals surface area contributed by atoms with Crippen LogP contribution in [0.1, 0.15) is 57.3 Å². The average Bonchev–Trinajstić information content (AvgIpc) is 3.21. The van der Waals surface area contributed by atoms with Crippen molar-refractivity contribution in [3.8, 4) is 0 Å². The molecular formula is C27H40N6O5. The number of guanidine groups is 1. The fourth-order valence-corrected chi connectivity index (χ4v) is 4.59. The summed E-state index contributed by atoms with van der Waals surface area (Å²) in [6.07, 6.45) is 2.77. The molecule has 1 fully saturated rings. The van der Waals surface area contributed by atoms with E-state index in [9.17, 15) is 24.3 Å². The van der Waals surface area contributed by atoms with Crippen molar-refractivity contribution in [1.29, 1.82) is 0 Å². The van der Waals surface area contributed by atoms with E-state index in [1.165, 1.54) is 4.90 Å². The summed E-state index contributed by atoms with van der Waals surface area (Å²) >= 11 is 0. The number of allylic oxidation sites excluding steroid dienone is 1. The lowest BCUT2D eigenvalue weighted by Crippen LogP contribution is -2.56. The van der Waals surface area contributed by atoms with Crippen LogP contribution < -0.4 is 22.1 Å². The third kappa shape index (κ3) is 8.32. The third-order valence-corrected chi connectivity index (χ3v) is 6.58. The lowest BCUT2D eigenvalue weighted by atomic mass is 9.96. The Morgan fingerprint density at radius 1 is 1.13 bits per heavy atom. The number of carbonyl (C=O) groups is 4. The zero-order valence-electron chi connectivity index (χ0n) is 22.5. The quantitative estimate of drug-likeness (QED) is 0.117. The van der Waals surface area contributed by atoms with Crippen molar-refractivity contribution in [2.45, 2.75) is 65.1 Å². The molecule has 0 unspecified atom stereocenters. The Kier molecular flexibility index (Phi) is 11.3. The van der Waals surface area contributed by atoms with Crippen molar-refractivity contribution in [3.05, 3.63) is 47.5 Å². The molecule has 11 heteroatoms. The minimum absolute atomic E-state index is 0.0454. The highest BCUT2D eigenvalue weighted by molar-refractivity contribution is 5.99. The molecule has 0 aromatic heterocycles. The Bertz CT molecular complexity index is 1050. The van der Waals surface area contributed by atoms with E-state index in [2.05, 4.69) is 15.6 Å². The van der Waals surface area contributed by atoms with Gasteiger partial charge in [-0.05, 0) is 49.8 Å². The second kappa shape index (κ2) is 14.2. The highest BCUT2D eigenvalue weighted by Crippen LogP contribution is 2.30. The molecule has 1 aliphatic rings. The number of carboxylic acids is 1. The predicted octanol–water partition coefficient (Wildman–Crippen LogP) is 1.25. The molecule has 0 spiro atoms. The minimum Gasteiger partial charge on any atom is -0.480 e. The number of rotatable bonds is 12. The average molecular weight is 529 g/mol. The van der Waals surface area contributed by atoms with E-state index in [1.54, 1.807) is 30.3 Å². The van der Waals surface area contributed by atoms with E-state index in [1.807, 2.05) is 33.8 Å². The van der Waals surface area contributed by atoms with Crippen molar-refractivity contribution >= 4 is 29.7 Å². The van der Waals surface area contributed by atoms with E-state index in [0.717, 1.165) is 5.57 Å². The van der Waals surface area contributed by atoms with Crippen LogP contribution in [0, 0.1) is 11.8 Å². The number of aliphatic carboxylic acids is 1. The zero-order chi connectivity index (χ0) is 28.4. The first-order valence-corrected chi connectivity index (χ1v) is 12.9. The van der Waals surface area contributed by atoms with Crippen LogP contribution in [0.25, 0.3) is 0 Å². The maximum Gasteiger partial charge on any atom is 0.326 e. The molecule has 0 saturated carbocycles. The van der Waals surface area contributed by atoms with E-state index >= 15 is 0 Å². The van der Waals surface area contributed by atoms with Gasteiger partial charge in [0.25, 0.3) is 5.91 Å². The van der Waals surface area contributed by atoms with Gasteiger partial charge in [0.1, 0.15) is 18.1 Å². The normalized spacial score (nSPS) is 19.6. The topological polar surface area (TPSA) is 180 Å². The monoisotopic (exact) mass is 528 g/mol. The molecule has 208 valence electrons. The number of amides is 3. The smallest absolute Gasteiger partial charge is 0.326 e. The minimum atomic E-state index is -1.13. The molecule has 11 nitrogen and oxygen atoms in total. The first-order valence-electron chi connectivity index (χ1n) is 12.9. The second-order valence-corrected chi connectivity index (χ2v) is 9.93. The van der Waals surface area contributed by atoms with Crippen molar-refractivity contribution in [3.63, 3.8) is 0 Å². The third-order valence-electron chi connectivity index (χ3n) is 6.58. The van der Waals surface area contributed by atoms with Gasteiger partial charge in [-0.15, -0.1) is 0 Å². The lowest BCUT2D eigenvalue weighted by Gasteiger charge is -2.30. The summed E-state index contributed by atoms with van der Waals surface area (Å²) in [5.74, 6) is -2.88. The standard InChI is InChI=1S/C27H40N6O5/c1-5-18-15-33(22(17(18)4)24(35)32-21(26(37)38)14-16(2)3)25(36)20(12-9-13-30-27(28)29)31-23(34)19-10-7-6-8-11-19/h5-8,10-11,16-17,20-22H,9,12-15H2,1-4H3,(H,31,34)(H,32,35)(H,37,38)(H4,28,29,30)/b18-5+/t17-,20+,21+,22-/m1/s1. The molecule has 4 atom stereocenters. The van der Waals surface area contributed by atoms with E-state index < -0.39 is 41.8 Å². The lowest BCUT2D eigenvalue weighted by molar-refractivity contribution is -0.145. The van der Waals surface area contributed by atoms with E-state index in [-0.39, 0.29) is 43.7 Å². The predicted molar refractivity (Wildman–Crippen MR) is 145 cm³/mol. The van der Waals surface area contributed by atoms with Crippen LogP contribution in [0.2, 0.25) is 0 Å². The van der Waals surface area contributed by atoms with Crippen LogP contribution in [-0.4, -0.2) is 70.9 Å². The molecule has 1 saturated heterocycles. The van der Waals surface area contributed by atoms with Gasteiger partial charge in [-0.3, -0.25) is 19.4 Å². The number of aliphatic imine (C=N–C) groups is 1. The summed E-state index contributed by atoms with van der Waals surface area (Å²) in [4.78, 5) is 57.4.